The topological polar surface area (TPSA) is 141 Å². The van der Waals surface area contributed by atoms with E-state index in [1.807, 2.05) is 48.5 Å². The minimum absolute atomic E-state index is 0.104. The number of nitrogens with one attached hydrogen (secondary N) is 4. The van der Waals surface area contributed by atoms with E-state index in [0.717, 1.165) is 28.9 Å². The summed E-state index contributed by atoms with van der Waals surface area (Å²) >= 11 is 2.63. The largest absolute Gasteiger partial charge is 0.325 e. The third-order valence-corrected chi connectivity index (χ3v) is 6.17. The van der Waals surface area contributed by atoms with E-state index in [4.69, 9.17) is 0 Å². The number of amides is 2. The predicted molar refractivity (Wildman–Crippen MR) is 127 cm³/mol. The Morgan fingerprint density at radius 1 is 0.697 bits per heavy atom. The molecule has 2 heterocycles. The second-order valence-electron chi connectivity index (χ2n) is 6.86. The van der Waals surface area contributed by atoms with Crippen molar-refractivity contribution >= 4 is 46.7 Å². The molecule has 0 spiro atoms. The summed E-state index contributed by atoms with van der Waals surface area (Å²) in [5, 5.41) is 27.3. The number of H-pyrrole nitrogens is 2. The number of anilines is 2. The molecule has 0 aliphatic carbocycles. The van der Waals surface area contributed by atoms with E-state index >= 15 is 0 Å². The normalized spacial score (nSPS) is 10.7. The van der Waals surface area contributed by atoms with Gasteiger partial charge in [-0.3, -0.25) is 9.59 Å². The summed E-state index contributed by atoms with van der Waals surface area (Å²) in [6.07, 6.45) is 3.90. The van der Waals surface area contributed by atoms with E-state index < -0.39 is 0 Å². The van der Waals surface area contributed by atoms with Gasteiger partial charge in [-0.15, -0.1) is 10.2 Å². The molecule has 2 aromatic carbocycles. The number of rotatable bonds is 10. The molecule has 0 radical (unpaired) electrons. The molecule has 4 N–H and O–H groups in total. The highest BCUT2D eigenvalue weighted by atomic mass is 32.2. The van der Waals surface area contributed by atoms with Gasteiger partial charge in [-0.2, -0.15) is 20.6 Å². The fourth-order valence-electron chi connectivity index (χ4n) is 2.84. The van der Waals surface area contributed by atoms with Crippen LogP contribution in [-0.4, -0.2) is 54.1 Å². The maximum atomic E-state index is 12.1. The first-order chi connectivity index (χ1) is 16.1. The van der Waals surface area contributed by atoms with Gasteiger partial charge in [-0.1, -0.05) is 47.8 Å². The van der Waals surface area contributed by atoms with Crippen LogP contribution in [-0.2, 0) is 16.0 Å². The van der Waals surface area contributed by atoms with Crippen LogP contribution >= 0.6 is 23.5 Å². The maximum Gasteiger partial charge on any atom is 0.234 e. The Morgan fingerprint density at radius 3 is 1.48 bits per heavy atom. The molecule has 0 unspecified atom stereocenters. The molecule has 0 atom stereocenters. The smallest absolute Gasteiger partial charge is 0.234 e. The van der Waals surface area contributed by atoms with Gasteiger partial charge >= 0.3 is 0 Å². The molecule has 0 aliphatic rings. The Bertz CT molecular complexity index is 1070. The molecule has 0 bridgehead atoms. The number of aromatic amines is 2. The van der Waals surface area contributed by atoms with Crippen LogP contribution < -0.4 is 10.6 Å². The zero-order valence-electron chi connectivity index (χ0n) is 17.3. The number of benzene rings is 2. The van der Waals surface area contributed by atoms with Crippen molar-refractivity contribution in [1.29, 1.82) is 0 Å². The summed E-state index contributed by atoms with van der Waals surface area (Å²) in [6.45, 7) is 0. The van der Waals surface area contributed by atoms with Crippen LogP contribution in [0.15, 0.2) is 71.0 Å². The third kappa shape index (κ3) is 7.19. The molecule has 2 amide bonds. The van der Waals surface area contributed by atoms with Crippen molar-refractivity contribution in [3.63, 3.8) is 0 Å². The zero-order valence-corrected chi connectivity index (χ0v) is 18.9. The average Bonchev–Trinajstić information content (AvgIpc) is 3.53. The lowest BCUT2D eigenvalue weighted by molar-refractivity contribution is -0.114. The summed E-state index contributed by atoms with van der Waals surface area (Å²) in [5.41, 5.74) is 3.72. The molecule has 0 saturated carbocycles. The van der Waals surface area contributed by atoms with Crippen LogP contribution in [0.2, 0.25) is 0 Å². The Balaban J connectivity index is 1.22. The predicted octanol–water partition coefficient (Wildman–Crippen LogP) is 2.98. The van der Waals surface area contributed by atoms with E-state index in [1.54, 1.807) is 12.4 Å². The van der Waals surface area contributed by atoms with E-state index in [0.29, 0.717) is 10.1 Å². The van der Waals surface area contributed by atoms with Gasteiger partial charge in [0.2, 0.25) is 11.8 Å². The Hall–Kier alpha value is -3.64. The Kier molecular flexibility index (Phi) is 7.72. The fourth-order valence-corrected chi connectivity index (χ4v) is 4.01. The van der Waals surface area contributed by atoms with Crippen molar-refractivity contribution in [2.24, 2.45) is 0 Å². The van der Waals surface area contributed by atoms with Gasteiger partial charge in [0, 0.05) is 11.4 Å². The van der Waals surface area contributed by atoms with Gasteiger partial charge in [0.1, 0.15) is 10.1 Å². The first kappa shape index (κ1) is 22.6. The molecule has 12 heteroatoms. The molecule has 168 valence electrons. The van der Waals surface area contributed by atoms with E-state index in [2.05, 4.69) is 41.5 Å². The number of thioether (sulfide) groups is 2. The number of carbonyl (C=O) groups is 2. The SMILES string of the molecule is O=C(CSc1cn[nH]n1)Nc1ccc(Cc2ccc(NC(=O)CSc3cn[nH]n3)cc2)cc1. The van der Waals surface area contributed by atoms with Gasteiger partial charge < -0.3 is 10.6 Å². The Morgan fingerprint density at radius 2 is 1.12 bits per heavy atom. The highest BCUT2D eigenvalue weighted by Crippen LogP contribution is 2.18. The lowest BCUT2D eigenvalue weighted by Crippen LogP contribution is -2.14. The highest BCUT2D eigenvalue weighted by molar-refractivity contribution is 8.00. The number of hydrogen-bond acceptors (Lipinski definition) is 8. The second kappa shape index (κ2) is 11.3. The molecular weight excluding hydrogens is 460 g/mol. The molecule has 2 aromatic heterocycles. The molecule has 4 rings (SSSR count). The molecule has 0 aliphatic heterocycles. The van der Waals surface area contributed by atoms with E-state index in [9.17, 15) is 9.59 Å². The minimum atomic E-state index is -0.104. The lowest BCUT2D eigenvalue weighted by Gasteiger charge is -2.08. The van der Waals surface area contributed by atoms with Crippen molar-refractivity contribution in [2.75, 3.05) is 22.1 Å². The van der Waals surface area contributed by atoms with E-state index in [1.165, 1.54) is 23.5 Å². The molecular formula is C21H20N8O2S2. The summed E-state index contributed by atoms with van der Waals surface area (Å²) in [5.74, 6) is 0.312. The second-order valence-corrected chi connectivity index (χ2v) is 8.85. The number of aromatic nitrogens is 6. The number of carbonyl (C=O) groups excluding carboxylic acids is 2. The van der Waals surface area contributed by atoms with Gasteiger partial charge in [0.25, 0.3) is 0 Å². The van der Waals surface area contributed by atoms with Crippen molar-refractivity contribution in [1.82, 2.24) is 30.8 Å². The van der Waals surface area contributed by atoms with Gasteiger partial charge in [0.15, 0.2) is 0 Å². The molecule has 0 saturated heterocycles. The van der Waals surface area contributed by atoms with Crippen LogP contribution in [0, 0.1) is 0 Å². The van der Waals surface area contributed by atoms with Gasteiger partial charge in [-0.25, -0.2) is 0 Å². The summed E-state index contributed by atoms with van der Waals surface area (Å²) in [4.78, 5) is 24.1. The first-order valence-electron chi connectivity index (χ1n) is 9.89. The van der Waals surface area contributed by atoms with Crippen molar-refractivity contribution in [2.45, 2.75) is 16.5 Å². The standard InChI is InChI=1S/C21H20N8O2S2/c30-18(12-32-20-10-22-28-26-20)24-16-5-1-14(2-6-16)9-15-3-7-17(8-4-15)25-19(31)13-33-21-11-23-29-27-21/h1-8,10-11H,9,12-13H2,(H,24,30)(H,25,31)(H,22,26,28)(H,23,27,29). The quantitative estimate of drug-likeness (QED) is 0.254. The Labute approximate surface area is 197 Å². The molecule has 0 fully saturated rings. The van der Waals surface area contributed by atoms with Crippen molar-refractivity contribution in [3.8, 4) is 0 Å². The van der Waals surface area contributed by atoms with Crippen molar-refractivity contribution < 1.29 is 9.59 Å². The molecule has 33 heavy (non-hydrogen) atoms. The number of hydrogen-bond donors (Lipinski definition) is 4. The third-order valence-electron chi connectivity index (χ3n) is 4.37. The molecule has 10 nitrogen and oxygen atoms in total. The molecule has 4 aromatic rings. The summed E-state index contributed by atoms with van der Waals surface area (Å²) < 4.78 is 0. The highest BCUT2D eigenvalue weighted by Gasteiger charge is 2.07. The van der Waals surface area contributed by atoms with Crippen LogP contribution in [0.1, 0.15) is 11.1 Å². The lowest BCUT2D eigenvalue weighted by atomic mass is 10.0. The number of nitrogens with zero attached hydrogens (tertiary/aromatic N) is 4. The van der Waals surface area contributed by atoms with E-state index in [-0.39, 0.29) is 23.3 Å². The first-order valence-corrected chi connectivity index (χ1v) is 11.9. The average molecular weight is 481 g/mol. The zero-order chi connectivity index (χ0) is 22.9. The van der Waals surface area contributed by atoms with Crippen molar-refractivity contribution in [3.05, 3.63) is 72.1 Å². The van der Waals surface area contributed by atoms with Crippen LogP contribution in [0.3, 0.4) is 0 Å². The van der Waals surface area contributed by atoms with Gasteiger partial charge in [-0.05, 0) is 41.8 Å². The van der Waals surface area contributed by atoms with Crippen LogP contribution in [0.5, 0.6) is 0 Å². The van der Waals surface area contributed by atoms with Gasteiger partial charge in [0.05, 0.1) is 23.9 Å². The monoisotopic (exact) mass is 480 g/mol. The minimum Gasteiger partial charge on any atom is -0.325 e. The summed E-state index contributed by atoms with van der Waals surface area (Å²) in [6, 6.07) is 15.5. The van der Waals surface area contributed by atoms with Crippen LogP contribution in [0.25, 0.3) is 0 Å². The van der Waals surface area contributed by atoms with Crippen LogP contribution in [0.4, 0.5) is 11.4 Å². The fraction of sp³-hybridized carbons (Fsp3) is 0.143. The maximum absolute atomic E-state index is 12.1. The summed E-state index contributed by atoms with van der Waals surface area (Å²) in [7, 11) is 0.